The van der Waals surface area contributed by atoms with Crippen LogP contribution in [0.15, 0.2) is 48.5 Å². The number of nitrogens with one attached hydrogen (secondary N) is 2. The van der Waals surface area contributed by atoms with E-state index in [1.54, 1.807) is 6.07 Å². The molecule has 88 valence electrons. The summed E-state index contributed by atoms with van der Waals surface area (Å²) in [6, 6.07) is 15.6. The maximum absolute atomic E-state index is 9.57. The number of phenols is 1. The van der Waals surface area contributed by atoms with Crippen LogP contribution in [0.5, 0.6) is 5.75 Å². The van der Waals surface area contributed by atoms with Crippen LogP contribution in [-0.4, -0.2) is 5.11 Å². The van der Waals surface area contributed by atoms with Gasteiger partial charge in [0.2, 0.25) is 0 Å². The minimum Gasteiger partial charge on any atom is -0.508 e. The molecule has 2 rings (SSSR count). The SMILES string of the molecule is Cc1ccc(CNNc2ccccc2)cc1O. The number of aromatic hydroxyl groups is 1. The van der Waals surface area contributed by atoms with E-state index >= 15 is 0 Å². The molecule has 2 aromatic rings. The van der Waals surface area contributed by atoms with Gasteiger partial charge in [-0.05, 0) is 36.2 Å². The molecule has 0 aromatic heterocycles. The Labute approximate surface area is 101 Å². The van der Waals surface area contributed by atoms with Gasteiger partial charge in [-0.2, -0.15) is 0 Å². The average Bonchev–Trinajstić information content (AvgIpc) is 2.35. The fraction of sp³-hybridized carbons (Fsp3) is 0.143. The predicted octanol–water partition coefficient (Wildman–Crippen LogP) is 2.82. The number of para-hydroxylation sites is 1. The average molecular weight is 228 g/mol. The standard InChI is InChI=1S/C14H16N2O/c1-11-7-8-12(9-14(11)17)10-15-16-13-5-3-2-4-6-13/h2-9,15-17H,10H2,1H3. The number of hydrazine groups is 1. The highest BCUT2D eigenvalue weighted by atomic mass is 16.3. The molecule has 0 aliphatic heterocycles. The van der Waals surface area contributed by atoms with E-state index in [2.05, 4.69) is 10.9 Å². The number of rotatable bonds is 4. The quantitative estimate of drug-likeness (QED) is 0.705. The minimum absolute atomic E-state index is 0.337. The van der Waals surface area contributed by atoms with Gasteiger partial charge in [-0.15, -0.1) is 0 Å². The first-order chi connectivity index (χ1) is 8.25. The summed E-state index contributed by atoms with van der Waals surface area (Å²) in [5, 5.41) is 9.57. The van der Waals surface area contributed by atoms with Crippen molar-refractivity contribution >= 4 is 5.69 Å². The van der Waals surface area contributed by atoms with Crippen LogP contribution in [0, 0.1) is 6.92 Å². The Morgan fingerprint density at radius 1 is 1.06 bits per heavy atom. The molecule has 0 atom stereocenters. The van der Waals surface area contributed by atoms with Crippen LogP contribution >= 0.6 is 0 Å². The summed E-state index contributed by atoms with van der Waals surface area (Å²) >= 11 is 0. The zero-order chi connectivity index (χ0) is 12.1. The summed E-state index contributed by atoms with van der Waals surface area (Å²) in [7, 11) is 0. The molecular weight excluding hydrogens is 212 g/mol. The van der Waals surface area contributed by atoms with Crippen LogP contribution in [0.3, 0.4) is 0 Å². The molecule has 0 radical (unpaired) electrons. The Balaban J connectivity index is 1.88. The highest BCUT2D eigenvalue weighted by Crippen LogP contribution is 2.17. The van der Waals surface area contributed by atoms with Gasteiger partial charge in [-0.3, -0.25) is 0 Å². The number of phenolic OH excluding ortho intramolecular Hbond substituents is 1. The van der Waals surface area contributed by atoms with Crippen molar-refractivity contribution in [3.05, 3.63) is 59.7 Å². The molecule has 0 unspecified atom stereocenters. The second kappa shape index (κ2) is 5.37. The minimum atomic E-state index is 0.337. The van der Waals surface area contributed by atoms with Crippen LogP contribution in [0.4, 0.5) is 5.69 Å². The Bertz CT molecular complexity index is 483. The Morgan fingerprint density at radius 3 is 2.53 bits per heavy atom. The van der Waals surface area contributed by atoms with E-state index < -0.39 is 0 Å². The summed E-state index contributed by atoms with van der Waals surface area (Å²) in [4.78, 5) is 0. The number of hydrogen-bond donors (Lipinski definition) is 3. The van der Waals surface area contributed by atoms with Crippen molar-refractivity contribution in [3.8, 4) is 5.75 Å². The Kier molecular flexibility index (Phi) is 3.62. The van der Waals surface area contributed by atoms with Gasteiger partial charge in [-0.25, -0.2) is 5.43 Å². The smallest absolute Gasteiger partial charge is 0.118 e. The molecule has 0 bridgehead atoms. The molecule has 0 spiro atoms. The van der Waals surface area contributed by atoms with Gasteiger partial charge in [0.05, 0.1) is 0 Å². The summed E-state index contributed by atoms with van der Waals surface area (Å²) < 4.78 is 0. The molecular formula is C14H16N2O. The number of hydrogen-bond acceptors (Lipinski definition) is 3. The zero-order valence-corrected chi connectivity index (χ0v) is 9.77. The molecule has 3 nitrogen and oxygen atoms in total. The first kappa shape index (κ1) is 11.5. The molecule has 2 aromatic carbocycles. The monoisotopic (exact) mass is 228 g/mol. The molecule has 0 fully saturated rings. The van der Waals surface area contributed by atoms with E-state index in [4.69, 9.17) is 0 Å². The van der Waals surface area contributed by atoms with Crippen LogP contribution in [0.2, 0.25) is 0 Å². The molecule has 3 N–H and O–H groups in total. The van der Waals surface area contributed by atoms with Gasteiger partial charge in [-0.1, -0.05) is 30.3 Å². The van der Waals surface area contributed by atoms with Gasteiger partial charge in [0.25, 0.3) is 0 Å². The van der Waals surface area contributed by atoms with Crippen molar-refractivity contribution in [2.24, 2.45) is 0 Å². The largest absolute Gasteiger partial charge is 0.508 e. The highest BCUT2D eigenvalue weighted by Gasteiger charge is 1.97. The molecule has 0 saturated heterocycles. The number of aryl methyl sites for hydroxylation is 1. The van der Waals surface area contributed by atoms with Crippen LogP contribution in [0.1, 0.15) is 11.1 Å². The molecule has 3 heteroatoms. The fourth-order valence-electron chi connectivity index (χ4n) is 1.53. The second-order valence-electron chi connectivity index (χ2n) is 3.97. The zero-order valence-electron chi connectivity index (χ0n) is 9.77. The van der Waals surface area contributed by atoms with Gasteiger partial charge in [0, 0.05) is 12.2 Å². The number of benzene rings is 2. The van der Waals surface area contributed by atoms with Crippen molar-refractivity contribution in [1.29, 1.82) is 0 Å². The van der Waals surface area contributed by atoms with Crippen LogP contribution in [-0.2, 0) is 6.54 Å². The summed E-state index contributed by atoms with van der Waals surface area (Å²) in [6.07, 6.45) is 0. The molecule has 0 aliphatic carbocycles. The van der Waals surface area contributed by atoms with Crippen molar-refractivity contribution < 1.29 is 5.11 Å². The summed E-state index contributed by atoms with van der Waals surface area (Å²) in [5.74, 6) is 0.337. The third-order valence-corrected chi connectivity index (χ3v) is 2.57. The van der Waals surface area contributed by atoms with E-state index in [0.717, 1.165) is 16.8 Å². The van der Waals surface area contributed by atoms with Crippen LogP contribution < -0.4 is 10.9 Å². The summed E-state index contributed by atoms with van der Waals surface area (Å²) in [5.41, 5.74) is 9.15. The lowest BCUT2D eigenvalue weighted by molar-refractivity contribution is 0.470. The Morgan fingerprint density at radius 2 is 1.82 bits per heavy atom. The molecule has 0 amide bonds. The lowest BCUT2D eigenvalue weighted by atomic mass is 10.1. The van der Waals surface area contributed by atoms with E-state index in [9.17, 15) is 5.11 Å². The third kappa shape index (κ3) is 3.23. The maximum atomic E-state index is 9.57. The van der Waals surface area contributed by atoms with Gasteiger partial charge in [0.15, 0.2) is 0 Å². The van der Waals surface area contributed by atoms with E-state index in [0.29, 0.717) is 12.3 Å². The number of anilines is 1. The van der Waals surface area contributed by atoms with Crippen molar-refractivity contribution in [2.45, 2.75) is 13.5 Å². The molecule has 0 saturated carbocycles. The molecule has 0 aliphatic rings. The van der Waals surface area contributed by atoms with Gasteiger partial charge >= 0.3 is 0 Å². The summed E-state index contributed by atoms with van der Waals surface area (Å²) in [6.45, 7) is 2.54. The predicted molar refractivity (Wildman–Crippen MR) is 69.7 cm³/mol. The van der Waals surface area contributed by atoms with Gasteiger partial charge in [0.1, 0.15) is 5.75 Å². The third-order valence-electron chi connectivity index (χ3n) is 2.57. The van der Waals surface area contributed by atoms with E-state index in [1.807, 2.05) is 49.4 Å². The second-order valence-corrected chi connectivity index (χ2v) is 3.97. The topological polar surface area (TPSA) is 44.3 Å². The van der Waals surface area contributed by atoms with Crippen molar-refractivity contribution in [3.63, 3.8) is 0 Å². The van der Waals surface area contributed by atoms with E-state index in [-0.39, 0.29) is 0 Å². The lowest BCUT2D eigenvalue weighted by Crippen LogP contribution is -2.20. The normalized spacial score (nSPS) is 10.2. The molecule has 0 heterocycles. The van der Waals surface area contributed by atoms with Gasteiger partial charge < -0.3 is 10.5 Å². The first-order valence-electron chi connectivity index (χ1n) is 5.58. The van der Waals surface area contributed by atoms with E-state index in [1.165, 1.54) is 0 Å². The van der Waals surface area contributed by atoms with Crippen molar-refractivity contribution in [2.75, 3.05) is 5.43 Å². The first-order valence-corrected chi connectivity index (χ1v) is 5.58. The molecule has 17 heavy (non-hydrogen) atoms. The van der Waals surface area contributed by atoms with Crippen LogP contribution in [0.25, 0.3) is 0 Å². The highest BCUT2D eigenvalue weighted by molar-refractivity contribution is 5.41. The fourth-order valence-corrected chi connectivity index (χ4v) is 1.53. The van der Waals surface area contributed by atoms with Crippen molar-refractivity contribution in [1.82, 2.24) is 5.43 Å². The maximum Gasteiger partial charge on any atom is 0.118 e. The Hall–Kier alpha value is -2.00. The lowest BCUT2D eigenvalue weighted by Gasteiger charge is -2.09.